The van der Waals surface area contributed by atoms with E-state index in [1.807, 2.05) is 6.92 Å². The van der Waals surface area contributed by atoms with E-state index in [1.54, 1.807) is 27.8 Å². The number of H-pyrrole nitrogens is 1. The molecule has 0 unspecified atom stereocenters. The van der Waals surface area contributed by atoms with E-state index >= 15 is 0 Å². The lowest BCUT2D eigenvalue weighted by Gasteiger charge is -2.48. The molecular formula is C24H28FN7O3. The first-order valence-corrected chi connectivity index (χ1v) is 11.1. The van der Waals surface area contributed by atoms with Crippen LogP contribution in [0.2, 0.25) is 0 Å². The highest BCUT2D eigenvalue weighted by atomic mass is 19.1. The number of carbonyl (C=O) groups excluding carboxylic acids is 2. The summed E-state index contributed by atoms with van der Waals surface area (Å²) < 4.78 is 19.0. The second-order valence-electron chi connectivity index (χ2n) is 9.82. The first kappa shape index (κ1) is 24.1. The number of hydrogen-bond donors (Lipinski definition) is 4. The minimum Gasteiger partial charge on any atom is -0.444 e. The van der Waals surface area contributed by atoms with E-state index in [-0.39, 0.29) is 22.9 Å². The molecule has 4 rings (SSSR count). The maximum atomic E-state index is 13.6. The van der Waals surface area contributed by atoms with Gasteiger partial charge in [-0.25, -0.2) is 19.2 Å². The van der Waals surface area contributed by atoms with Gasteiger partial charge < -0.3 is 25.3 Å². The van der Waals surface area contributed by atoms with Crippen molar-refractivity contribution < 1.29 is 18.7 Å². The molecule has 3 heterocycles. The molecule has 0 spiro atoms. The van der Waals surface area contributed by atoms with Gasteiger partial charge in [-0.05, 0) is 45.9 Å². The summed E-state index contributed by atoms with van der Waals surface area (Å²) in [4.78, 5) is 38.6. The van der Waals surface area contributed by atoms with Gasteiger partial charge in [0.2, 0.25) is 0 Å². The van der Waals surface area contributed by atoms with Gasteiger partial charge in [-0.3, -0.25) is 10.2 Å². The number of nitrogens with one attached hydrogen (secondary N) is 4. The molecule has 2 amide bonds. The van der Waals surface area contributed by atoms with Gasteiger partial charge >= 0.3 is 6.09 Å². The first-order chi connectivity index (χ1) is 16.4. The van der Waals surface area contributed by atoms with E-state index in [0.717, 1.165) is 0 Å². The highest BCUT2D eigenvalue weighted by Gasteiger charge is 2.44. The summed E-state index contributed by atoms with van der Waals surface area (Å²) in [6.07, 6.45) is 2.52. The van der Waals surface area contributed by atoms with Crippen molar-refractivity contribution in [1.29, 1.82) is 5.41 Å². The van der Waals surface area contributed by atoms with Crippen molar-refractivity contribution >= 4 is 34.6 Å². The van der Waals surface area contributed by atoms with Crippen molar-refractivity contribution in [2.45, 2.75) is 38.8 Å². The zero-order valence-corrected chi connectivity index (χ0v) is 20.2. The van der Waals surface area contributed by atoms with Crippen molar-refractivity contribution in [2.24, 2.45) is 0 Å². The van der Waals surface area contributed by atoms with Gasteiger partial charge in [0.25, 0.3) is 5.91 Å². The van der Waals surface area contributed by atoms with Crippen LogP contribution in [0.1, 0.15) is 49.3 Å². The fourth-order valence-electron chi connectivity index (χ4n) is 3.94. The molecule has 0 atom stereocenters. The molecule has 1 saturated heterocycles. The minimum atomic E-state index is -0.620. The van der Waals surface area contributed by atoms with E-state index in [9.17, 15) is 14.0 Å². The summed E-state index contributed by atoms with van der Waals surface area (Å²) in [7, 11) is 1.64. The maximum Gasteiger partial charge on any atom is 0.410 e. The lowest BCUT2D eigenvalue weighted by atomic mass is 9.92. The van der Waals surface area contributed by atoms with Gasteiger partial charge in [-0.1, -0.05) is 0 Å². The number of ether oxygens (including phenoxy) is 1. The Balaban J connectivity index is 1.52. The number of anilines is 1. The van der Waals surface area contributed by atoms with E-state index in [1.165, 1.54) is 35.5 Å². The monoisotopic (exact) mass is 481 g/mol. The third-order valence-corrected chi connectivity index (χ3v) is 5.55. The van der Waals surface area contributed by atoms with Crippen LogP contribution < -0.4 is 10.6 Å². The third-order valence-electron chi connectivity index (χ3n) is 5.55. The number of halogens is 1. The molecule has 0 saturated carbocycles. The number of likely N-dealkylation sites (tertiary alicyclic amines) is 1. The summed E-state index contributed by atoms with van der Waals surface area (Å²) in [6, 6.07) is 4.06. The number of amides is 2. The molecule has 1 aliphatic rings. The van der Waals surface area contributed by atoms with E-state index in [2.05, 4.69) is 25.6 Å². The smallest absolute Gasteiger partial charge is 0.410 e. The van der Waals surface area contributed by atoms with Crippen LogP contribution in [0.5, 0.6) is 0 Å². The highest BCUT2D eigenvalue weighted by Crippen LogP contribution is 2.25. The van der Waals surface area contributed by atoms with Crippen molar-refractivity contribution in [2.75, 3.05) is 25.5 Å². The summed E-state index contributed by atoms with van der Waals surface area (Å²) in [5.74, 6) is -0.801. The zero-order chi connectivity index (χ0) is 25.5. The van der Waals surface area contributed by atoms with Crippen LogP contribution in [-0.2, 0) is 4.74 Å². The number of benzene rings is 1. The second kappa shape index (κ2) is 8.64. The van der Waals surface area contributed by atoms with Crippen LogP contribution in [-0.4, -0.2) is 68.8 Å². The molecule has 35 heavy (non-hydrogen) atoms. The van der Waals surface area contributed by atoms with Crippen LogP contribution in [0.25, 0.3) is 11.2 Å². The molecule has 2 aromatic heterocycles. The number of aromatic amines is 1. The van der Waals surface area contributed by atoms with Gasteiger partial charge in [0.05, 0.1) is 23.0 Å². The summed E-state index contributed by atoms with van der Waals surface area (Å²) in [5, 5.41) is 14.4. The fraction of sp³-hybridized carbons (Fsp3) is 0.375. The molecule has 11 heteroatoms. The molecule has 3 aromatic rings. The third kappa shape index (κ3) is 4.93. The summed E-state index contributed by atoms with van der Waals surface area (Å²) in [6.45, 7) is 7.87. The molecule has 10 nitrogen and oxygen atoms in total. The maximum absolute atomic E-state index is 13.6. The Bertz CT molecular complexity index is 1320. The van der Waals surface area contributed by atoms with Crippen LogP contribution in [0.3, 0.4) is 0 Å². The van der Waals surface area contributed by atoms with Gasteiger partial charge in [-0.15, -0.1) is 0 Å². The summed E-state index contributed by atoms with van der Waals surface area (Å²) >= 11 is 0. The van der Waals surface area contributed by atoms with Crippen LogP contribution >= 0.6 is 0 Å². The number of carbonyl (C=O) groups is 2. The number of fused-ring (bicyclic) bond motifs is 1. The molecule has 1 aromatic carbocycles. The molecule has 0 radical (unpaired) electrons. The highest BCUT2D eigenvalue weighted by molar-refractivity contribution is 6.14. The molecule has 1 fully saturated rings. The standard InChI is InChI=1S/C24H28FN7O3/c1-23(2,3)35-22(34)32-11-24(4,12-32)31-21(33)15-9-28-20-19(15)30-17(10-29-20)18(26)14-7-6-13(25)8-16(14)27-5/h6-10,26-27H,11-12H2,1-5H3,(H,28,29)(H,31,33). The van der Waals surface area contributed by atoms with Crippen LogP contribution in [0, 0.1) is 11.2 Å². The molecule has 0 aliphatic carbocycles. The van der Waals surface area contributed by atoms with Crippen molar-refractivity contribution in [3.05, 3.63) is 53.2 Å². The van der Waals surface area contributed by atoms with Crippen molar-refractivity contribution in [1.82, 2.24) is 25.2 Å². The van der Waals surface area contributed by atoms with Crippen molar-refractivity contribution in [3.63, 3.8) is 0 Å². The Morgan fingerprint density at radius 3 is 2.63 bits per heavy atom. The Labute approximate surface area is 201 Å². The number of aromatic nitrogens is 3. The van der Waals surface area contributed by atoms with E-state index in [0.29, 0.717) is 35.5 Å². The van der Waals surface area contributed by atoms with Gasteiger partial charge in [0, 0.05) is 37.6 Å². The lowest BCUT2D eigenvalue weighted by molar-refractivity contribution is -0.0115. The topological polar surface area (TPSA) is 136 Å². The SMILES string of the molecule is CNc1cc(F)ccc1C(=N)c1cnc2[nH]cc(C(=O)NC3(C)CN(C(=O)OC(C)(C)C)C3)c2n1. The number of nitrogens with zero attached hydrogens (tertiary/aromatic N) is 3. The van der Waals surface area contributed by atoms with Crippen molar-refractivity contribution in [3.8, 4) is 0 Å². The largest absolute Gasteiger partial charge is 0.444 e. The quantitative estimate of drug-likeness (QED) is 0.413. The molecule has 184 valence electrons. The Kier molecular flexibility index (Phi) is 5.95. The van der Waals surface area contributed by atoms with Crippen LogP contribution in [0.4, 0.5) is 14.9 Å². The van der Waals surface area contributed by atoms with Gasteiger partial charge in [0.1, 0.15) is 22.6 Å². The van der Waals surface area contributed by atoms with Gasteiger partial charge in [0.15, 0.2) is 5.65 Å². The predicted octanol–water partition coefficient (Wildman–Crippen LogP) is 3.29. The van der Waals surface area contributed by atoms with Crippen LogP contribution in [0.15, 0.2) is 30.6 Å². The van der Waals surface area contributed by atoms with E-state index in [4.69, 9.17) is 10.1 Å². The zero-order valence-electron chi connectivity index (χ0n) is 20.2. The average Bonchev–Trinajstić information content (AvgIpc) is 3.19. The Hall–Kier alpha value is -4.02. The second-order valence-corrected chi connectivity index (χ2v) is 9.82. The predicted molar refractivity (Wildman–Crippen MR) is 129 cm³/mol. The molecule has 1 aliphatic heterocycles. The number of rotatable bonds is 5. The Morgan fingerprint density at radius 2 is 1.97 bits per heavy atom. The minimum absolute atomic E-state index is 0.0373. The average molecular weight is 482 g/mol. The molecule has 0 bridgehead atoms. The van der Waals surface area contributed by atoms with Gasteiger partial charge in [-0.2, -0.15) is 0 Å². The summed E-state index contributed by atoms with van der Waals surface area (Å²) in [5.41, 5.74) is 0.929. The normalized spacial score (nSPS) is 14.9. The first-order valence-electron chi connectivity index (χ1n) is 11.1. The lowest BCUT2D eigenvalue weighted by Crippen LogP contribution is -2.70. The van der Waals surface area contributed by atoms with E-state index < -0.39 is 23.1 Å². The number of hydrogen-bond acceptors (Lipinski definition) is 7. The molecule has 4 N–H and O–H groups in total. The Morgan fingerprint density at radius 1 is 1.26 bits per heavy atom. The fourth-order valence-corrected chi connectivity index (χ4v) is 3.94. The molecular weight excluding hydrogens is 453 g/mol.